The molecular weight excluding hydrogens is 793 g/mol. The Morgan fingerprint density at radius 1 is 0.438 bits per heavy atom. The third-order valence-corrected chi connectivity index (χ3v) is 15.1. The average Bonchev–Trinajstić information content (AvgIpc) is 3.90. The zero-order valence-corrected chi connectivity index (χ0v) is 35.6. The van der Waals surface area contributed by atoms with Crippen LogP contribution >= 0.6 is 11.3 Å². The van der Waals surface area contributed by atoms with Crippen molar-refractivity contribution in [3.05, 3.63) is 222 Å². The number of thiophene rings is 1. The van der Waals surface area contributed by atoms with Gasteiger partial charge in [0.2, 0.25) is 0 Å². The molecule has 10 aromatic carbocycles. The molecule has 2 aliphatic rings. The minimum absolute atomic E-state index is 0.460. The Morgan fingerprint density at radius 3 is 1.95 bits per heavy atom. The maximum Gasteiger partial charge on any atom is 0.136 e. The van der Waals surface area contributed by atoms with Crippen molar-refractivity contribution in [2.45, 2.75) is 6.42 Å². The van der Waals surface area contributed by atoms with Gasteiger partial charge in [0, 0.05) is 31.7 Å². The van der Waals surface area contributed by atoms with Crippen LogP contribution in [0.4, 0.5) is 0 Å². The molecular formula is C62H38OS. The summed E-state index contributed by atoms with van der Waals surface area (Å²) in [6.07, 6.45) is 12.5. The lowest BCUT2D eigenvalue weighted by molar-refractivity contribution is 0.669. The van der Waals surface area contributed by atoms with Crippen LogP contribution in [0.1, 0.15) is 10.4 Å². The molecule has 0 amide bonds. The van der Waals surface area contributed by atoms with Gasteiger partial charge >= 0.3 is 0 Å². The first-order valence-corrected chi connectivity index (χ1v) is 23.1. The number of fused-ring (bicyclic) bond motifs is 11. The van der Waals surface area contributed by atoms with Gasteiger partial charge in [-0.05, 0) is 142 Å². The topological polar surface area (TPSA) is 13.1 Å². The van der Waals surface area contributed by atoms with Crippen molar-refractivity contribution < 1.29 is 4.42 Å². The van der Waals surface area contributed by atoms with Crippen molar-refractivity contribution in [3.8, 4) is 44.5 Å². The Balaban J connectivity index is 1.06. The molecule has 64 heavy (non-hydrogen) atoms. The van der Waals surface area contributed by atoms with Gasteiger partial charge in [-0.25, -0.2) is 0 Å². The number of hydrogen-bond acceptors (Lipinski definition) is 2. The Kier molecular flexibility index (Phi) is 7.75. The van der Waals surface area contributed by atoms with E-state index >= 15 is 0 Å². The highest BCUT2D eigenvalue weighted by atomic mass is 32.1. The predicted octanol–water partition coefficient (Wildman–Crippen LogP) is 17.8. The molecule has 0 radical (unpaired) electrons. The second kappa shape index (κ2) is 13.9. The normalized spacial score (nSPS) is 14.6. The highest BCUT2D eigenvalue weighted by Gasteiger charge is 2.25. The van der Waals surface area contributed by atoms with E-state index in [0.717, 1.165) is 28.4 Å². The molecule has 1 unspecified atom stereocenters. The molecule has 0 aliphatic heterocycles. The van der Waals surface area contributed by atoms with E-state index in [0.29, 0.717) is 5.92 Å². The highest BCUT2D eigenvalue weighted by molar-refractivity contribution is 7.19. The van der Waals surface area contributed by atoms with Crippen LogP contribution in [0, 0.1) is 5.92 Å². The van der Waals surface area contributed by atoms with E-state index in [2.05, 4.69) is 212 Å². The van der Waals surface area contributed by atoms with Crippen LogP contribution in [0.3, 0.4) is 0 Å². The van der Waals surface area contributed by atoms with E-state index in [9.17, 15) is 0 Å². The molecule has 2 heterocycles. The molecule has 0 spiro atoms. The third kappa shape index (κ3) is 5.36. The molecule has 0 N–H and O–H groups in total. The summed E-state index contributed by atoms with van der Waals surface area (Å²) >= 11 is 1.97. The number of benzene rings is 10. The van der Waals surface area contributed by atoms with Gasteiger partial charge in [0.05, 0.1) is 0 Å². The standard InChI is InChI=1S/C62H38OS/c1-2-13-37(14-3-1)44-29-30-45(47-20-9-8-19-46(44)47)42-25-28-51-54(33-42)61(52-23-12-24-56-62(52)55-32-39-16-4-6-17-40(39)34-57(55)63-56)50-22-11-10-21-49(50)60(51)43-26-27-48-53-31-38-15-5-7-18-41(38)35-59(53)64-58(48)36-43/h1-34,36,41H,35H2. The van der Waals surface area contributed by atoms with Crippen molar-refractivity contribution in [3.63, 3.8) is 0 Å². The number of rotatable bonds is 4. The predicted molar refractivity (Wildman–Crippen MR) is 274 cm³/mol. The molecule has 0 fully saturated rings. The maximum atomic E-state index is 6.72. The van der Waals surface area contributed by atoms with Crippen LogP contribution in [0.2, 0.25) is 0 Å². The summed E-state index contributed by atoms with van der Waals surface area (Å²) in [5, 5.41) is 13.5. The van der Waals surface area contributed by atoms with Crippen molar-refractivity contribution in [1.82, 2.24) is 0 Å². The quantitative estimate of drug-likeness (QED) is 0.161. The summed E-state index contributed by atoms with van der Waals surface area (Å²) in [4.78, 5) is 1.48. The molecule has 14 rings (SSSR count). The van der Waals surface area contributed by atoms with E-state index < -0.39 is 0 Å². The van der Waals surface area contributed by atoms with Gasteiger partial charge in [0.1, 0.15) is 11.2 Å². The van der Waals surface area contributed by atoms with Gasteiger partial charge in [0.25, 0.3) is 0 Å². The first-order chi connectivity index (χ1) is 31.7. The molecule has 0 bridgehead atoms. The van der Waals surface area contributed by atoms with E-state index in [4.69, 9.17) is 4.42 Å². The molecule has 0 saturated carbocycles. The smallest absolute Gasteiger partial charge is 0.136 e. The summed E-state index contributed by atoms with van der Waals surface area (Å²) in [6, 6.07) is 67.5. The van der Waals surface area contributed by atoms with Gasteiger partial charge in [-0.15, -0.1) is 11.3 Å². The van der Waals surface area contributed by atoms with Crippen molar-refractivity contribution in [2.24, 2.45) is 5.92 Å². The summed E-state index contributed by atoms with van der Waals surface area (Å²) in [5.41, 5.74) is 14.4. The second-order valence-corrected chi connectivity index (χ2v) is 18.6. The highest BCUT2D eigenvalue weighted by Crippen LogP contribution is 2.50. The lowest BCUT2D eigenvalue weighted by Gasteiger charge is -2.21. The van der Waals surface area contributed by atoms with Gasteiger partial charge in [-0.1, -0.05) is 176 Å². The van der Waals surface area contributed by atoms with E-state index in [1.807, 2.05) is 11.3 Å². The van der Waals surface area contributed by atoms with Crippen LogP contribution in [0.25, 0.3) is 126 Å². The summed E-state index contributed by atoms with van der Waals surface area (Å²) in [6.45, 7) is 0. The van der Waals surface area contributed by atoms with Crippen LogP contribution in [0.15, 0.2) is 216 Å². The van der Waals surface area contributed by atoms with Crippen LogP contribution in [0.5, 0.6) is 0 Å². The zero-order valence-electron chi connectivity index (χ0n) is 34.8. The van der Waals surface area contributed by atoms with Gasteiger partial charge < -0.3 is 4.42 Å². The number of allylic oxidation sites excluding steroid dienone is 5. The van der Waals surface area contributed by atoms with Crippen molar-refractivity contribution >= 4 is 92.5 Å². The van der Waals surface area contributed by atoms with Crippen LogP contribution < -0.4 is 0 Å². The maximum absolute atomic E-state index is 6.72. The Morgan fingerprint density at radius 2 is 1.12 bits per heavy atom. The summed E-state index contributed by atoms with van der Waals surface area (Å²) < 4.78 is 8.07. The largest absolute Gasteiger partial charge is 0.456 e. The van der Waals surface area contributed by atoms with E-state index in [1.165, 1.54) is 114 Å². The Bertz CT molecular complexity index is 4040. The van der Waals surface area contributed by atoms with Crippen LogP contribution in [-0.4, -0.2) is 0 Å². The minimum Gasteiger partial charge on any atom is -0.456 e. The SMILES string of the molecule is C1=CC2=Cc3c(sc4cc(-c5c6ccccc6c(-c6cccc7oc8cc9ccccc9cc8c67)c6cc(-c7ccc(-c8ccccc8)c8ccccc78)ccc56)ccc34)CC2C=C1. The Hall–Kier alpha value is -7.78. The minimum atomic E-state index is 0.460. The van der Waals surface area contributed by atoms with Crippen LogP contribution in [-0.2, 0) is 6.42 Å². The Labute approximate surface area is 374 Å². The van der Waals surface area contributed by atoms with Crippen molar-refractivity contribution in [1.29, 1.82) is 0 Å². The fourth-order valence-electron chi connectivity index (χ4n) is 11.0. The third-order valence-electron chi connectivity index (χ3n) is 14.0. The van der Waals surface area contributed by atoms with Gasteiger partial charge in [-0.3, -0.25) is 0 Å². The fraction of sp³-hybridized carbons (Fsp3) is 0.0323. The molecule has 2 heteroatoms. The summed E-state index contributed by atoms with van der Waals surface area (Å²) in [7, 11) is 0. The molecule has 0 saturated heterocycles. The fourth-order valence-corrected chi connectivity index (χ4v) is 12.3. The molecule has 2 aromatic heterocycles. The molecule has 298 valence electrons. The molecule has 2 aliphatic carbocycles. The molecule has 1 atom stereocenters. The lowest BCUT2D eigenvalue weighted by Crippen LogP contribution is -2.09. The van der Waals surface area contributed by atoms with Gasteiger partial charge in [0.15, 0.2) is 0 Å². The summed E-state index contributed by atoms with van der Waals surface area (Å²) in [5.74, 6) is 0.460. The van der Waals surface area contributed by atoms with Gasteiger partial charge in [-0.2, -0.15) is 0 Å². The van der Waals surface area contributed by atoms with E-state index in [1.54, 1.807) is 0 Å². The lowest BCUT2D eigenvalue weighted by atomic mass is 9.83. The zero-order chi connectivity index (χ0) is 41.9. The van der Waals surface area contributed by atoms with Crippen molar-refractivity contribution in [2.75, 3.05) is 0 Å². The number of furan rings is 1. The average molecular weight is 831 g/mol. The monoisotopic (exact) mass is 830 g/mol. The van der Waals surface area contributed by atoms with E-state index in [-0.39, 0.29) is 0 Å². The first-order valence-electron chi connectivity index (χ1n) is 22.2. The first kappa shape index (κ1) is 35.8. The molecule has 1 nitrogen and oxygen atoms in total. The number of hydrogen-bond donors (Lipinski definition) is 0. The molecule has 12 aromatic rings. The second-order valence-electron chi connectivity index (χ2n) is 17.5.